The summed E-state index contributed by atoms with van der Waals surface area (Å²) >= 11 is 0. The first kappa shape index (κ1) is 21.7. The van der Waals surface area contributed by atoms with E-state index in [9.17, 15) is 9.90 Å². The summed E-state index contributed by atoms with van der Waals surface area (Å²) in [5, 5.41) is 46.1. The molecule has 8 nitrogen and oxygen atoms in total. The van der Waals surface area contributed by atoms with Crippen LogP contribution in [0.4, 0.5) is 0 Å². The fraction of sp³-hybridized carbons (Fsp3) is 0.833. The zero-order valence-corrected chi connectivity index (χ0v) is 8.85. The Labute approximate surface area is 115 Å². The second-order valence-electron chi connectivity index (χ2n) is 2.74. The molecule has 0 spiro atoms. The summed E-state index contributed by atoms with van der Waals surface area (Å²) < 4.78 is 4.28. The Bertz CT molecular complexity index is 215. The first-order chi connectivity index (χ1) is 5.95. The number of ether oxygens (including phenoxy) is 1. The minimum absolute atomic E-state index is 0. The number of aliphatic hydroxyl groups excluding tert-OH is 4. The van der Waals surface area contributed by atoms with E-state index in [0.29, 0.717) is 0 Å². The number of carbonyl (C=O) groups excluding carboxylic acids is 1. The number of hydrogen-bond donors (Lipinski definition) is 4. The number of aliphatic carboxylic acids is 1. The predicted molar refractivity (Wildman–Crippen MR) is 35.8 cm³/mol. The van der Waals surface area contributed by atoms with E-state index in [1.54, 1.807) is 0 Å². The zero-order chi connectivity index (χ0) is 10.2. The molecule has 0 aromatic carbocycles. The van der Waals surface area contributed by atoms with Gasteiger partial charge in [-0.15, -0.1) is 0 Å². The minimum Gasteiger partial charge on any atom is -0.870 e. The van der Waals surface area contributed by atoms with Crippen LogP contribution in [0.15, 0.2) is 0 Å². The molecule has 0 saturated carbocycles. The average Bonchev–Trinajstić information content (AvgIpc) is 2.07. The van der Waals surface area contributed by atoms with Crippen LogP contribution in [0.3, 0.4) is 0 Å². The second kappa shape index (κ2) is 8.51. The van der Waals surface area contributed by atoms with Crippen molar-refractivity contribution in [3.05, 3.63) is 0 Å². The number of rotatable bonds is 1. The Morgan fingerprint density at radius 3 is 1.81 bits per heavy atom. The van der Waals surface area contributed by atoms with Crippen molar-refractivity contribution in [1.82, 2.24) is 0 Å². The number of hydrogen-bond acceptors (Lipinski definition) is 8. The molecule has 1 fully saturated rings. The molecule has 0 amide bonds. The smallest absolute Gasteiger partial charge is 0.870 e. The average molecular weight is 224 g/mol. The summed E-state index contributed by atoms with van der Waals surface area (Å²) in [4.78, 5) is 10.3. The van der Waals surface area contributed by atoms with E-state index in [-0.39, 0.29) is 43.2 Å². The van der Waals surface area contributed by atoms with Gasteiger partial charge in [0.2, 0.25) is 0 Å². The van der Waals surface area contributed by atoms with Gasteiger partial charge in [0.1, 0.15) is 24.4 Å². The fourth-order valence-electron chi connectivity index (χ4n) is 1.06. The van der Waals surface area contributed by atoms with E-state index >= 15 is 0 Å². The maximum absolute atomic E-state index is 10.3. The molecule has 5 N–H and O–H groups in total. The summed E-state index contributed by atoms with van der Waals surface area (Å²) in [5.41, 5.74) is 0. The van der Waals surface area contributed by atoms with Gasteiger partial charge in [0.25, 0.3) is 0 Å². The van der Waals surface area contributed by atoms with Crippen LogP contribution in [-0.4, -0.2) is 62.6 Å². The molecule has 1 aliphatic heterocycles. The third-order valence-electron chi connectivity index (χ3n) is 1.82. The van der Waals surface area contributed by atoms with Gasteiger partial charge in [0.05, 0.1) is 5.97 Å². The summed E-state index contributed by atoms with van der Waals surface area (Å²) in [6.07, 6.45) is -9.00. The molecule has 10 heteroatoms. The van der Waals surface area contributed by atoms with Crippen LogP contribution in [0.5, 0.6) is 0 Å². The molecule has 1 aliphatic rings. The molecule has 1 heterocycles. The SMILES string of the molecule is O=C([O-])[C@H]1OC(O)[C@H](O)[C@@H](O)[C@@H]1O.[Li+].[Li+].[OH-]. The first-order valence-corrected chi connectivity index (χ1v) is 3.53. The Hall–Kier alpha value is 0.425. The molecule has 5 atom stereocenters. The maximum Gasteiger partial charge on any atom is 1.00 e. The van der Waals surface area contributed by atoms with Crippen molar-refractivity contribution in [2.24, 2.45) is 0 Å². The molecule has 0 bridgehead atoms. The van der Waals surface area contributed by atoms with Gasteiger partial charge in [-0.3, -0.25) is 0 Å². The third-order valence-corrected chi connectivity index (χ3v) is 1.82. The molecule has 0 aliphatic carbocycles. The summed E-state index contributed by atoms with van der Waals surface area (Å²) in [5.74, 6) is -1.77. The predicted octanol–water partition coefficient (Wildman–Crippen LogP) is -10.6. The third kappa shape index (κ3) is 4.36. The fourth-order valence-corrected chi connectivity index (χ4v) is 1.06. The zero-order valence-electron chi connectivity index (χ0n) is 8.85. The quantitative estimate of drug-likeness (QED) is 0.319. The molecule has 84 valence electrons. The monoisotopic (exact) mass is 224 g/mol. The molecule has 1 saturated heterocycles. The van der Waals surface area contributed by atoms with E-state index < -0.39 is 36.7 Å². The van der Waals surface area contributed by atoms with Crippen LogP contribution in [0.25, 0.3) is 0 Å². The van der Waals surface area contributed by atoms with Crippen molar-refractivity contribution in [2.45, 2.75) is 30.7 Å². The largest absolute Gasteiger partial charge is 1.00 e. The summed E-state index contributed by atoms with van der Waals surface area (Å²) in [6, 6.07) is 0. The normalized spacial score (nSPS) is 37.4. The van der Waals surface area contributed by atoms with Gasteiger partial charge < -0.3 is 40.5 Å². The number of carbonyl (C=O) groups is 1. The van der Waals surface area contributed by atoms with Crippen molar-refractivity contribution >= 4 is 5.97 Å². The molecular weight excluding hydrogens is 214 g/mol. The van der Waals surface area contributed by atoms with Gasteiger partial charge >= 0.3 is 37.7 Å². The van der Waals surface area contributed by atoms with Gasteiger partial charge in [-0.2, -0.15) is 0 Å². The van der Waals surface area contributed by atoms with Crippen LogP contribution in [0, 0.1) is 0 Å². The van der Waals surface area contributed by atoms with E-state index in [1.165, 1.54) is 0 Å². The van der Waals surface area contributed by atoms with Crippen LogP contribution >= 0.6 is 0 Å². The van der Waals surface area contributed by atoms with Crippen LogP contribution in [-0.2, 0) is 9.53 Å². The Balaban J connectivity index is -0.000000563. The maximum atomic E-state index is 10.3. The van der Waals surface area contributed by atoms with Gasteiger partial charge in [-0.05, 0) is 0 Å². The van der Waals surface area contributed by atoms with Crippen LogP contribution < -0.4 is 42.8 Å². The van der Waals surface area contributed by atoms with Gasteiger partial charge in [0.15, 0.2) is 6.29 Å². The molecular formula is C6H10Li2O8. The first-order valence-electron chi connectivity index (χ1n) is 3.53. The molecule has 0 radical (unpaired) electrons. The number of aliphatic hydroxyl groups is 4. The van der Waals surface area contributed by atoms with Crippen LogP contribution in [0.2, 0.25) is 0 Å². The molecule has 1 rings (SSSR count). The Morgan fingerprint density at radius 2 is 1.44 bits per heavy atom. The number of carboxylic acids is 1. The van der Waals surface area contributed by atoms with E-state index in [0.717, 1.165) is 0 Å². The van der Waals surface area contributed by atoms with Crippen LogP contribution in [0.1, 0.15) is 0 Å². The van der Waals surface area contributed by atoms with Gasteiger partial charge in [0, 0.05) is 0 Å². The van der Waals surface area contributed by atoms with Crippen molar-refractivity contribution in [3.8, 4) is 0 Å². The summed E-state index contributed by atoms with van der Waals surface area (Å²) in [7, 11) is 0. The van der Waals surface area contributed by atoms with Crippen molar-refractivity contribution in [1.29, 1.82) is 0 Å². The van der Waals surface area contributed by atoms with E-state index in [1.807, 2.05) is 0 Å². The second-order valence-corrected chi connectivity index (χ2v) is 2.74. The molecule has 16 heavy (non-hydrogen) atoms. The van der Waals surface area contributed by atoms with E-state index in [2.05, 4.69) is 4.74 Å². The van der Waals surface area contributed by atoms with Crippen molar-refractivity contribution < 1.29 is 78.3 Å². The number of carboxylic acid groups (broad SMARTS) is 1. The topological polar surface area (TPSA) is 160 Å². The molecule has 0 aromatic heterocycles. The standard InChI is InChI=1S/C6H10O7.2Li.H2O/c7-1-2(8)4(5(10)11)13-6(12)3(1)9;;;/h1-4,6-9,12H,(H,10,11);;;1H2/q;2*+1;/p-2/t1-,2-,3+,4-,6?;;;/m0.../s1. The van der Waals surface area contributed by atoms with E-state index in [4.69, 9.17) is 20.4 Å². The van der Waals surface area contributed by atoms with Crippen molar-refractivity contribution in [2.75, 3.05) is 0 Å². The molecule has 0 aromatic rings. The Kier molecular flexibility index (Phi) is 11.5. The van der Waals surface area contributed by atoms with Gasteiger partial charge in [-0.25, -0.2) is 0 Å². The van der Waals surface area contributed by atoms with Gasteiger partial charge in [-0.1, -0.05) is 0 Å². The Morgan fingerprint density at radius 1 is 1.00 bits per heavy atom. The molecule has 1 unspecified atom stereocenters. The summed E-state index contributed by atoms with van der Waals surface area (Å²) in [6.45, 7) is 0. The van der Waals surface area contributed by atoms with Crippen molar-refractivity contribution in [3.63, 3.8) is 0 Å². The minimum atomic E-state index is -1.85.